The van der Waals surface area contributed by atoms with Gasteiger partial charge in [0.15, 0.2) is 11.9 Å². The summed E-state index contributed by atoms with van der Waals surface area (Å²) in [4.78, 5) is 23.0. The lowest BCUT2D eigenvalue weighted by Crippen LogP contribution is -2.70. The number of halogens is 5. The van der Waals surface area contributed by atoms with E-state index >= 15 is 0 Å². The molecule has 0 aromatic rings. The van der Waals surface area contributed by atoms with Gasteiger partial charge in [0.25, 0.3) is 0 Å². The quantitative estimate of drug-likeness (QED) is 0.376. The van der Waals surface area contributed by atoms with Crippen molar-refractivity contribution < 1.29 is 50.7 Å². The minimum absolute atomic E-state index is 0.0220. The van der Waals surface area contributed by atoms with Crippen LogP contribution in [0.15, 0.2) is 0 Å². The van der Waals surface area contributed by atoms with Crippen LogP contribution in [0, 0.1) is 23.7 Å². The highest BCUT2D eigenvalue weighted by atomic mass is 19.4. The normalized spacial score (nSPS) is 47.3. The maximum atomic E-state index is 13.4. The topological polar surface area (TPSA) is 63.2 Å². The molecular weight excluding hydrogens is 407 g/mol. The van der Waals surface area contributed by atoms with E-state index in [-0.39, 0.29) is 17.8 Å². The summed E-state index contributed by atoms with van der Waals surface area (Å²) in [6.45, 7) is 5.28. The Morgan fingerprint density at radius 3 is 2.38 bits per heavy atom. The monoisotopic (exact) mass is 430 g/mol. The molecular formula is C18H23F5O6. The fraction of sp³-hybridized carbons (Fsp3) is 0.944. The van der Waals surface area contributed by atoms with Gasteiger partial charge in [0, 0.05) is 18.3 Å². The van der Waals surface area contributed by atoms with Crippen molar-refractivity contribution in [1.29, 1.82) is 0 Å². The summed E-state index contributed by atoms with van der Waals surface area (Å²) in [5.41, 5.74) is -1.04. The minimum Gasteiger partial charge on any atom is -0.431 e. The van der Waals surface area contributed by atoms with Crippen LogP contribution in [-0.4, -0.2) is 42.0 Å². The summed E-state index contributed by atoms with van der Waals surface area (Å²) in [7, 11) is 0. The summed E-state index contributed by atoms with van der Waals surface area (Å²) >= 11 is 0. The zero-order valence-electron chi connectivity index (χ0n) is 16.1. The Bertz CT molecular complexity index is 686. The van der Waals surface area contributed by atoms with Crippen molar-refractivity contribution in [3.05, 3.63) is 0 Å². The van der Waals surface area contributed by atoms with Gasteiger partial charge in [-0.25, -0.2) is 14.6 Å². The van der Waals surface area contributed by atoms with E-state index in [1.807, 2.05) is 0 Å². The number of hydrogen-bond acceptors (Lipinski definition) is 6. The molecule has 11 heteroatoms. The van der Waals surface area contributed by atoms with Crippen molar-refractivity contribution in [2.75, 3.05) is 0 Å². The van der Waals surface area contributed by atoms with Gasteiger partial charge in [-0.1, -0.05) is 13.8 Å². The number of carbonyl (C=O) groups is 1. The van der Waals surface area contributed by atoms with Crippen LogP contribution in [0.2, 0.25) is 0 Å². The Balaban J connectivity index is 1.64. The highest BCUT2D eigenvalue weighted by Crippen LogP contribution is 2.60. The standard InChI is InChI=1S/C18H23F5O6/c1-8-4-5-11-9(2)12(25-13(24)17(19,20)18(21,22)23)26-14-16(11)10(8)6-7-15(3,27-14)28-29-16/h8-12,14H,4-7H2,1-3H3/t8-,9-,10+,11?,12+,14-,15+,16-/m1/s1. The van der Waals surface area contributed by atoms with Crippen LogP contribution in [0.4, 0.5) is 22.0 Å². The molecule has 8 atom stereocenters. The van der Waals surface area contributed by atoms with Gasteiger partial charge in [0.2, 0.25) is 12.1 Å². The first-order valence-electron chi connectivity index (χ1n) is 9.67. The summed E-state index contributed by atoms with van der Waals surface area (Å²) in [6, 6.07) is 0. The van der Waals surface area contributed by atoms with E-state index in [2.05, 4.69) is 11.7 Å². The van der Waals surface area contributed by atoms with Crippen LogP contribution >= 0.6 is 0 Å². The zero-order valence-corrected chi connectivity index (χ0v) is 16.1. The average molecular weight is 430 g/mol. The van der Waals surface area contributed by atoms with Crippen molar-refractivity contribution in [3.63, 3.8) is 0 Å². The van der Waals surface area contributed by atoms with Gasteiger partial charge in [-0.3, -0.25) is 0 Å². The molecule has 1 aliphatic carbocycles. The number of carbonyl (C=O) groups excluding carboxylic acids is 1. The summed E-state index contributed by atoms with van der Waals surface area (Å²) in [5, 5.41) is 0. The highest BCUT2D eigenvalue weighted by molar-refractivity contribution is 5.78. The molecule has 5 aliphatic rings. The van der Waals surface area contributed by atoms with Gasteiger partial charge in [-0.2, -0.15) is 22.0 Å². The van der Waals surface area contributed by atoms with Gasteiger partial charge in [0.1, 0.15) is 0 Å². The SMILES string of the molecule is C[C@@H]1CCC2[C@@H](C)[C@@H](OC(=O)C(F)(F)C(F)(F)F)O[C@@H]3O[C@]4(C)CC[C@@H]1[C@@]23OO4. The molecule has 0 aromatic carbocycles. The van der Waals surface area contributed by atoms with E-state index in [0.717, 1.165) is 12.8 Å². The Kier molecular flexibility index (Phi) is 4.74. The number of esters is 1. The number of rotatable bonds is 2. The molecule has 0 aromatic heterocycles. The van der Waals surface area contributed by atoms with Crippen LogP contribution in [0.1, 0.15) is 46.5 Å². The second-order valence-corrected chi connectivity index (χ2v) is 8.75. The Morgan fingerprint density at radius 1 is 1.03 bits per heavy atom. The molecule has 6 nitrogen and oxygen atoms in total. The van der Waals surface area contributed by atoms with Crippen molar-refractivity contribution in [3.8, 4) is 0 Å². The average Bonchev–Trinajstić information content (AvgIpc) is 2.84. The maximum Gasteiger partial charge on any atom is 0.465 e. The fourth-order valence-corrected chi connectivity index (χ4v) is 5.30. The van der Waals surface area contributed by atoms with Gasteiger partial charge in [0.05, 0.1) is 0 Å². The van der Waals surface area contributed by atoms with E-state index in [1.54, 1.807) is 13.8 Å². The third-order valence-corrected chi connectivity index (χ3v) is 6.93. The van der Waals surface area contributed by atoms with E-state index in [1.165, 1.54) is 0 Å². The Hall–Kier alpha value is -1.04. The van der Waals surface area contributed by atoms with E-state index in [4.69, 9.17) is 19.2 Å². The molecule has 0 amide bonds. The number of fused-ring (bicyclic) bond motifs is 2. The molecule has 4 heterocycles. The minimum atomic E-state index is -6.06. The summed E-state index contributed by atoms with van der Waals surface area (Å²) in [5.74, 6) is -10.3. The van der Waals surface area contributed by atoms with Crippen LogP contribution < -0.4 is 0 Å². The molecule has 1 unspecified atom stereocenters. The summed E-state index contributed by atoms with van der Waals surface area (Å²) < 4.78 is 80.5. The maximum absolute atomic E-state index is 13.4. The lowest BCUT2D eigenvalue weighted by molar-refractivity contribution is -0.576. The van der Waals surface area contributed by atoms with Crippen LogP contribution in [0.5, 0.6) is 0 Å². The van der Waals surface area contributed by atoms with E-state index < -0.39 is 48.0 Å². The van der Waals surface area contributed by atoms with Crippen molar-refractivity contribution >= 4 is 5.97 Å². The van der Waals surface area contributed by atoms with Crippen LogP contribution in [0.3, 0.4) is 0 Å². The van der Waals surface area contributed by atoms with Crippen LogP contribution in [0.25, 0.3) is 0 Å². The first kappa shape index (κ1) is 21.2. The molecule has 4 aliphatic heterocycles. The largest absolute Gasteiger partial charge is 0.465 e. The number of ether oxygens (including phenoxy) is 3. The smallest absolute Gasteiger partial charge is 0.431 e. The first-order valence-corrected chi connectivity index (χ1v) is 9.67. The molecule has 166 valence electrons. The molecule has 0 radical (unpaired) electrons. The first-order chi connectivity index (χ1) is 13.3. The van der Waals surface area contributed by atoms with Crippen molar-refractivity contribution in [2.45, 2.75) is 82.5 Å². The third-order valence-electron chi connectivity index (χ3n) is 6.93. The molecule has 0 N–H and O–H groups in total. The zero-order chi connectivity index (χ0) is 21.4. The van der Waals surface area contributed by atoms with Crippen LogP contribution in [-0.2, 0) is 28.8 Å². The molecule has 1 saturated carbocycles. The predicted octanol–water partition coefficient (Wildman–Crippen LogP) is 3.94. The second-order valence-electron chi connectivity index (χ2n) is 8.75. The predicted molar refractivity (Wildman–Crippen MR) is 83.9 cm³/mol. The fourth-order valence-electron chi connectivity index (χ4n) is 5.30. The van der Waals surface area contributed by atoms with Crippen molar-refractivity contribution in [2.24, 2.45) is 23.7 Å². The molecule has 5 fully saturated rings. The van der Waals surface area contributed by atoms with Crippen molar-refractivity contribution in [1.82, 2.24) is 0 Å². The highest BCUT2D eigenvalue weighted by Gasteiger charge is 2.71. The summed E-state index contributed by atoms with van der Waals surface area (Å²) in [6.07, 6.45) is -6.21. The van der Waals surface area contributed by atoms with E-state index in [9.17, 15) is 26.7 Å². The molecule has 4 saturated heterocycles. The van der Waals surface area contributed by atoms with Gasteiger partial charge in [-0.05, 0) is 38.0 Å². The molecule has 1 spiro atoms. The lowest BCUT2D eigenvalue weighted by Gasteiger charge is -2.59. The van der Waals surface area contributed by atoms with Gasteiger partial charge >= 0.3 is 18.1 Å². The lowest BCUT2D eigenvalue weighted by atomic mass is 9.58. The molecule has 5 rings (SSSR count). The van der Waals surface area contributed by atoms with E-state index in [0.29, 0.717) is 12.8 Å². The molecule has 2 bridgehead atoms. The second kappa shape index (κ2) is 6.48. The third kappa shape index (κ3) is 2.99. The number of alkyl halides is 5. The van der Waals surface area contributed by atoms with Gasteiger partial charge < -0.3 is 14.2 Å². The Labute approximate surface area is 163 Å². The Morgan fingerprint density at radius 2 is 1.72 bits per heavy atom. The number of hydrogen-bond donors (Lipinski definition) is 0. The van der Waals surface area contributed by atoms with Gasteiger partial charge in [-0.15, -0.1) is 0 Å². The molecule has 29 heavy (non-hydrogen) atoms.